The maximum Gasteiger partial charge on any atom is 0.244 e. The lowest BCUT2D eigenvalue weighted by Crippen LogP contribution is -2.42. The lowest BCUT2D eigenvalue weighted by atomic mass is 10.1. The van der Waals surface area contributed by atoms with Gasteiger partial charge in [-0.1, -0.05) is 0 Å². The number of nitrogens with two attached hydrogens (primary N) is 1. The summed E-state index contributed by atoms with van der Waals surface area (Å²) in [7, 11) is 1.60. The van der Waals surface area contributed by atoms with Crippen molar-refractivity contribution in [2.45, 2.75) is 6.54 Å². The summed E-state index contributed by atoms with van der Waals surface area (Å²) >= 11 is 0. The Morgan fingerprint density at radius 3 is 2.83 bits per heavy atom. The Morgan fingerprint density at radius 1 is 1.30 bits per heavy atom. The molecule has 7 nitrogen and oxygen atoms in total. The van der Waals surface area contributed by atoms with E-state index < -0.39 is 0 Å². The molecule has 2 heterocycles. The van der Waals surface area contributed by atoms with Crippen LogP contribution in [-0.4, -0.2) is 54.0 Å². The highest BCUT2D eigenvalue weighted by Crippen LogP contribution is 2.26. The fourth-order valence-electron chi connectivity index (χ4n) is 2.56. The van der Waals surface area contributed by atoms with Gasteiger partial charge in [-0.2, -0.15) is 5.10 Å². The van der Waals surface area contributed by atoms with Gasteiger partial charge in [-0.3, -0.25) is 9.48 Å². The van der Waals surface area contributed by atoms with Crippen LogP contribution in [0.2, 0.25) is 0 Å². The standard InChI is InChI=1S/C16H20N4O3/c1-22-15-7-12(6-14(17)8-15)13-9-18-20(10-13)11-16(21)19-2-4-23-5-3-19/h6-10H,2-5,11,17H2,1H3. The average Bonchev–Trinajstić information content (AvgIpc) is 3.03. The monoisotopic (exact) mass is 316 g/mol. The van der Waals surface area contributed by atoms with Gasteiger partial charge >= 0.3 is 0 Å². The van der Waals surface area contributed by atoms with E-state index in [9.17, 15) is 4.79 Å². The topological polar surface area (TPSA) is 82.6 Å². The molecule has 122 valence electrons. The van der Waals surface area contributed by atoms with Gasteiger partial charge in [0.15, 0.2) is 0 Å². The first kappa shape index (κ1) is 15.4. The van der Waals surface area contributed by atoms with E-state index in [2.05, 4.69) is 5.10 Å². The van der Waals surface area contributed by atoms with Gasteiger partial charge in [-0.05, 0) is 17.7 Å². The summed E-state index contributed by atoms with van der Waals surface area (Å²) in [5.41, 5.74) is 8.30. The third-order valence-electron chi connectivity index (χ3n) is 3.79. The van der Waals surface area contributed by atoms with Crippen LogP contribution in [-0.2, 0) is 16.1 Å². The van der Waals surface area contributed by atoms with Gasteiger partial charge in [0.25, 0.3) is 0 Å². The zero-order chi connectivity index (χ0) is 16.2. The Labute approximate surface area is 134 Å². The van der Waals surface area contributed by atoms with Crippen LogP contribution in [0.4, 0.5) is 5.69 Å². The average molecular weight is 316 g/mol. The number of morpholine rings is 1. The number of hydrogen-bond donors (Lipinski definition) is 1. The molecule has 0 spiro atoms. The minimum Gasteiger partial charge on any atom is -0.497 e. The molecule has 0 saturated carbocycles. The van der Waals surface area contributed by atoms with Gasteiger partial charge in [0.05, 0.1) is 26.5 Å². The maximum atomic E-state index is 12.2. The largest absolute Gasteiger partial charge is 0.497 e. The number of carbonyl (C=O) groups excluding carboxylic acids is 1. The second-order valence-corrected chi connectivity index (χ2v) is 5.41. The number of rotatable bonds is 4. The molecule has 1 saturated heterocycles. The Bertz CT molecular complexity index is 692. The van der Waals surface area contributed by atoms with Gasteiger partial charge in [-0.25, -0.2) is 0 Å². The van der Waals surface area contributed by atoms with Gasteiger partial charge in [0.1, 0.15) is 12.3 Å². The van der Waals surface area contributed by atoms with E-state index in [1.807, 2.05) is 18.3 Å². The van der Waals surface area contributed by atoms with Crippen molar-refractivity contribution < 1.29 is 14.3 Å². The SMILES string of the molecule is COc1cc(N)cc(-c2cnn(CC(=O)N3CCOCC3)c2)c1. The number of anilines is 1. The van der Waals surface area contributed by atoms with Crippen molar-refractivity contribution in [1.29, 1.82) is 0 Å². The van der Waals surface area contributed by atoms with Crippen molar-refractivity contribution in [2.24, 2.45) is 0 Å². The Hall–Kier alpha value is -2.54. The van der Waals surface area contributed by atoms with Crippen LogP contribution < -0.4 is 10.5 Å². The third kappa shape index (κ3) is 3.62. The number of hydrogen-bond acceptors (Lipinski definition) is 5. The van der Waals surface area contributed by atoms with Crippen LogP contribution in [0.15, 0.2) is 30.6 Å². The molecule has 7 heteroatoms. The summed E-state index contributed by atoms with van der Waals surface area (Å²) in [6, 6.07) is 5.51. The highest BCUT2D eigenvalue weighted by molar-refractivity contribution is 5.76. The van der Waals surface area contributed by atoms with E-state index in [1.54, 1.807) is 29.0 Å². The van der Waals surface area contributed by atoms with E-state index in [0.717, 1.165) is 11.1 Å². The van der Waals surface area contributed by atoms with Gasteiger partial charge < -0.3 is 20.1 Å². The van der Waals surface area contributed by atoms with Crippen LogP contribution in [0.5, 0.6) is 5.75 Å². The molecule has 0 atom stereocenters. The zero-order valence-corrected chi connectivity index (χ0v) is 13.1. The van der Waals surface area contributed by atoms with Crippen molar-refractivity contribution in [3.8, 4) is 16.9 Å². The van der Waals surface area contributed by atoms with Gasteiger partial charge in [0, 0.05) is 36.6 Å². The molecule has 23 heavy (non-hydrogen) atoms. The van der Waals surface area contributed by atoms with Crippen LogP contribution in [0, 0.1) is 0 Å². The molecule has 1 aromatic heterocycles. The van der Waals surface area contributed by atoms with E-state index in [1.165, 1.54) is 0 Å². The van der Waals surface area contributed by atoms with Crippen LogP contribution >= 0.6 is 0 Å². The van der Waals surface area contributed by atoms with Crippen molar-refractivity contribution in [3.05, 3.63) is 30.6 Å². The molecule has 0 unspecified atom stereocenters. The quantitative estimate of drug-likeness (QED) is 0.851. The molecule has 1 aliphatic rings. The molecule has 0 bridgehead atoms. The lowest BCUT2D eigenvalue weighted by Gasteiger charge is -2.26. The van der Waals surface area contributed by atoms with E-state index >= 15 is 0 Å². The van der Waals surface area contributed by atoms with Crippen LogP contribution in [0.3, 0.4) is 0 Å². The number of amides is 1. The van der Waals surface area contributed by atoms with Crippen molar-refractivity contribution in [1.82, 2.24) is 14.7 Å². The molecular weight excluding hydrogens is 296 g/mol. The summed E-state index contributed by atoms with van der Waals surface area (Å²) in [5.74, 6) is 0.741. The fraction of sp³-hybridized carbons (Fsp3) is 0.375. The van der Waals surface area contributed by atoms with Crippen LogP contribution in [0.1, 0.15) is 0 Å². The van der Waals surface area contributed by atoms with Crippen LogP contribution in [0.25, 0.3) is 11.1 Å². The molecule has 1 fully saturated rings. The van der Waals surface area contributed by atoms with Crippen molar-refractivity contribution >= 4 is 11.6 Å². The summed E-state index contributed by atoms with van der Waals surface area (Å²) in [5, 5.41) is 4.27. The van der Waals surface area contributed by atoms with Gasteiger partial charge in [0.2, 0.25) is 5.91 Å². The molecule has 2 aromatic rings. The first-order valence-corrected chi connectivity index (χ1v) is 7.48. The molecule has 1 aliphatic heterocycles. The Kier molecular flexibility index (Phi) is 4.47. The van der Waals surface area contributed by atoms with E-state index in [-0.39, 0.29) is 12.5 Å². The first-order chi connectivity index (χ1) is 11.2. The second kappa shape index (κ2) is 6.70. The third-order valence-corrected chi connectivity index (χ3v) is 3.79. The summed E-state index contributed by atoms with van der Waals surface area (Å²) < 4.78 is 12.1. The smallest absolute Gasteiger partial charge is 0.244 e. The highest BCUT2D eigenvalue weighted by atomic mass is 16.5. The summed E-state index contributed by atoms with van der Waals surface area (Å²) in [6.07, 6.45) is 3.56. The second-order valence-electron chi connectivity index (χ2n) is 5.41. The number of aromatic nitrogens is 2. The fourth-order valence-corrected chi connectivity index (χ4v) is 2.56. The molecule has 3 rings (SSSR count). The number of nitrogens with zero attached hydrogens (tertiary/aromatic N) is 3. The van der Waals surface area contributed by atoms with E-state index in [4.69, 9.17) is 15.2 Å². The molecule has 0 aliphatic carbocycles. The molecule has 2 N–H and O–H groups in total. The maximum absolute atomic E-state index is 12.2. The first-order valence-electron chi connectivity index (χ1n) is 7.48. The Balaban J connectivity index is 1.72. The highest BCUT2D eigenvalue weighted by Gasteiger charge is 2.17. The number of methoxy groups -OCH3 is 1. The number of nitrogen functional groups attached to an aromatic ring is 1. The normalized spacial score (nSPS) is 14.7. The van der Waals surface area contributed by atoms with Crippen molar-refractivity contribution in [2.75, 3.05) is 39.1 Å². The minimum absolute atomic E-state index is 0.0492. The predicted octanol–water partition coefficient (Wildman–Crippen LogP) is 1.000. The number of ether oxygens (including phenoxy) is 2. The molecular formula is C16H20N4O3. The zero-order valence-electron chi connectivity index (χ0n) is 13.1. The molecule has 0 radical (unpaired) electrons. The predicted molar refractivity (Wildman–Crippen MR) is 86.0 cm³/mol. The summed E-state index contributed by atoms with van der Waals surface area (Å²) in [4.78, 5) is 14.0. The summed E-state index contributed by atoms with van der Waals surface area (Å²) in [6.45, 7) is 2.69. The number of benzene rings is 1. The van der Waals surface area contributed by atoms with E-state index in [0.29, 0.717) is 37.7 Å². The molecule has 1 aromatic carbocycles. The van der Waals surface area contributed by atoms with Gasteiger partial charge in [-0.15, -0.1) is 0 Å². The lowest BCUT2D eigenvalue weighted by molar-refractivity contribution is -0.136. The van der Waals surface area contributed by atoms with Crippen molar-refractivity contribution in [3.63, 3.8) is 0 Å². The molecule has 1 amide bonds. The minimum atomic E-state index is 0.0492. The number of carbonyl (C=O) groups is 1. The Morgan fingerprint density at radius 2 is 2.09 bits per heavy atom.